The highest BCUT2D eigenvalue weighted by Crippen LogP contribution is 2.25. The molecule has 0 spiro atoms. The molecule has 1 N–H and O–H groups in total. The van der Waals surface area contributed by atoms with E-state index in [0.717, 1.165) is 37.7 Å². The van der Waals surface area contributed by atoms with Gasteiger partial charge in [0.1, 0.15) is 6.04 Å². The van der Waals surface area contributed by atoms with Gasteiger partial charge in [0.05, 0.1) is 22.2 Å². The summed E-state index contributed by atoms with van der Waals surface area (Å²) in [5.41, 5.74) is 2.73. The SMILES string of the molecule is CCC(C(=O)Nc1ccc2c(c1)sc(=O)n2C)N(c1ccc(C)cc1)S(C)(=O)=O. The van der Waals surface area contributed by atoms with Gasteiger partial charge in [0.15, 0.2) is 0 Å². The molecule has 0 aliphatic carbocycles. The highest BCUT2D eigenvalue weighted by molar-refractivity contribution is 7.92. The summed E-state index contributed by atoms with van der Waals surface area (Å²) in [5.74, 6) is -0.430. The molecule has 0 aliphatic heterocycles. The molecule has 29 heavy (non-hydrogen) atoms. The Morgan fingerprint density at radius 1 is 1.21 bits per heavy atom. The molecule has 154 valence electrons. The molecular formula is C20H23N3O4S2. The first kappa shape index (κ1) is 21.1. The van der Waals surface area contributed by atoms with Crippen LogP contribution in [0.3, 0.4) is 0 Å². The van der Waals surface area contributed by atoms with Crippen molar-refractivity contribution < 1.29 is 13.2 Å². The highest BCUT2D eigenvalue weighted by atomic mass is 32.2. The molecule has 0 saturated carbocycles. The number of carbonyl (C=O) groups is 1. The van der Waals surface area contributed by atoms with Gasteiger partial charge in [0.25, 0.3) is 0 Å². The van der Waals surface area contributed by atoms with Crippen LogP contribution in [-0.2, 0) is 21.9 Å². The Balaban J connectivity index is 1.93. The first-order valence-electron chi connectivity index (χ1n) is 9.08. The summed E-state index contributed by atoms with van der Waals surface area (Å²) in [4.78, 5) is 24.7. The quantitative estimate of drug-likeness (QED) is 0.647. The number of benzene rings is 2. The van der Waals surface area contributed by atoms with E-state index in [1.165, 1.54) is 0 Å². The van der Waals surface area contributed by atoms with Crippen LogP contribution in [0.15, 0.2) is 47.3 Å². The van der Waals surface area contributed by atoms with Gasteiger partial charge in [-0.05, 0) is 43.7 Å². The van der Waals surface area contributed by atoms with Crippen molar-refractivity contribution in [3.05, 3.63) is 57.7 Å². The predicted molar refractivity (Wildman–Crippen MR) is 118 cm³/mol. The van der Waals surface area contributed by atoms with Gasteiger partial charge < -0.3 is 9.88 Å². The number of aromatic nitrogens is 1. The number of rotatable bonds is 6. The first-order valence-corrected chi connectivity index (χ1v) is 11.7. The number of thiazole rings is 1. The number of hydrogen-bond acceptors (Lipinski definition) is 5. The van der Waals surface area contributed by atoms with Gasteiger partial charge in [-0.1, -0.05) is 36.0 Å². The highest BCUT2D eigenvalue weighted by Gasteiger charge is 2.31. The third kappa shape index (κ3) is 4.35. The molecule has 2 aromatic carbocycles. The number of hydrogen-bond donors (Lipinski definition) is 1. The largest absolute Gasteiger partial charge is 0.324 e. The number of nitrogens with zero attached hydrogens (tertiary/aromatic N) is 2. The Kier molecular flexibility index (Phi) is 5.81. The minimum absolute atomic E-state index is 0.0856. The fraction of sp³-hybridized carbons (Fsp3) is 0.300. The van der Waals surface area contributed by atoms with Crippen LogP contribution in [0.1, 0.15) is 18.9 Å². The van der Waals surface area contributed by atoms with E-state index in [4.69, 9.17) is 0 Å². The second kappa shape index (κ2) is 8.00. The lowest BCUT2D eigenvalue weighted by molar-refractivity contribution is -0.117. The van der Waals surface area contributed by atoms with Crippen LogP contribution < -0.4 is 14.5 Å². The van der Waals surface area contributed by atoms with Crippen molar-refractivity contribution >= 4 is 48.9 Å². The fourth-order valence-corrected chi connectivity index (χ4v) is 5.32. The zero-order valence-corrected chi connectivity index (χ0v) is 18.3. The number of anilines is 2. The first-order chi connectivity index (χ1) is 13.6. The van der Waals surface area contributed by atoms with Gasteiger partial charge in [-0.15, -0.1) is 0 Å². The Morgan fingerprint density at radius 2 is 1.86 bits per heavy atom. The molecule has 0 radical (unpaired) electrons. The minimum Gasteiger partial charge on any atom is -0.324 e. The van der Waals surface area contributed by atoms with E-state index in [2.05, 4.69) is 5.32 Å². The van der Waals surface area contributed by atoms with E-state index >= 15 is 0 Å². The molecule has 1 unspecified atom stereocenters. The number of carbonyl (C=O) groups excluding carboxylic acids is 1. The number of aryl methyl sites for hydroxylation is 2. The summed E-state index contributed by atoms with van der Waals surface area (Å²) in [6, 6.07) is 11.3. The molecule has 0 aliphatic rings. The third-order valence-electron chi connectivity index (χ3n) is 4.68. The van der Waals surface area contributed by atoms with Crippen LogP contribution in [0.25, 0.3) is 10.2 Å². The van der Waals surface area contributed by atoms with Crippen LogP contribution in [0.5, 0.6) is 0 Å². The smallest absolute Gasteiger partial charge is 0.307 e. The molecule has 0 fully saturated rings. The second-order valence-electron chi connectivity index (χ2n) is 6.92. The molecule has 1 atom stereocenters. The Morgan fingerprint density at radius 3 is 2.45 bits per heavy atom. The average molecular weight is 434 g/mol. The van der Waals surface area contributed by atoms with E-state index in [0.29, 0.717) is 17.8 Å². The molecule has 7 nitrogen and oxygen atoms in total. The lowest BCUT2D eigenvalue weighted by atomic mass is 10.1. The zero-order chi connectivity index (χ0) is 21.3. The Hall–Kier alpha value is -2.65. The number of nitrogens with one attached hydrogen (secondary N) is 1. The number of sulfonamides is 1. The van der Waals surface area contributed by atoms with Crippen molar-refractivity contribution in [3.63, 3.8) is 0 Å². The second-order valence-corrected chi connectivity index (χ2v) is 9.77. The topological polar surface area (TPSA) is 88.5 Å². The molecular weight excluding hydrogens is 410 g/mol. The van der Waals surface area contributed by atoms with Crippen molar-refractivity contribution in [2.45, 2.75) is 26.3 Å². The summed E-state index contributed by atoms with van der Waals surface area (Å²) in [7, 11) is -1.99. The third-order valence-corrected chi connectivity index (χ3v) is 6.85. The van der Waals surface area contributed by atoms with Gasteiger partial charge in [0, 0.05) is 12.7 Å². The van der Waals surface area contributed by atoms with Gasteiger partial charge in [-0.3, -0.25) is 13.9 Å². The molecule has 0 bridgehead atoms. The molecule has 0 saturated heterocycles. The van der Waals surface area contributed by atoms with E-state index in [1.807, 2.05) is 19.1 Å². The molecule has 1 amide bonds. The maximum atomic E-state index is 13.0. The number of amides is 1. The summed E-state index contributed by atoms with van der Waals surface area (Å²) in [6.45, 7) is 3.68. The van der Waals surface area contributed by atoms with Crippen molar-refractivity contribution in [3.8, 4) is 0 Å². The van der Waals surface area contributed by atoms with Crippen LogP contribution in [0.4, 0.5) is 11.4 Å². The van der Waals surface area contributed by atoms with Gasteiger partial charge in [-0.2, -0.15) is 0 Å². The normalized spacial score (nSPS) is 12.7. The summed E-state index contributed by atoms with van der Waals surface area (Å²) < 4.78 is 28.4. The fourth-order valence-electron chi connectivity index (χ4n) is 3.19. The van der Waals surface area contributed by atoms with E-state index in [1.54, 1.807) is 48.9 Å². The van der Waals surface area contributed by atoms with Gasteiger partial charge in [0.2, 0.25) is 15.9 Å². The van der Waals surface area contributed by atoms with Crippen molar-refractivity contribution in [2.24, 2.45) is 7.05 Å². The summed E-state index contributed by atoms with van der Waals surface area (Å²) in [5, 5.41) is 2.80. The van der Waals surface area contributed by atoms with Gasteiger partial charge >= 0.3 is 4.87 Å². The van der Waals surface area contributed by atoms with Gasteiger partial charge in [-0.25, -0.2) is 8.42 Å². The van der Waals surface area contributed by atoms with E-state index < -0.39 is 22.0 Å². The standard InChI is InChI=1S/C20H23N3O4S2/c1-5-16(23(29(4,26)27)15-9-6-13(2)7-10-15)19(24)21-14-8-11-17-18(12-14)28-20(25)22(17)3/h6-12,16H,5H2,1-4H3,(H,21,24). The summed E-state index contributed by atoms with van der Waals surface area (Å²) in [6.07, 6.45) is 1.39. The molecule has 9 heteroatoms. The summed E-state index contributed by atoms with van der Waals surface area (Å²) >= 11 is 1.09. The molecule has 1 aromatic heterocycles. The number of fused-ring (bicyclic) bond motifs is 1. The molecule has 3 aromatic rings. The Bertz CT molecular complexity index is 1210. The molecule has 3 rings (SSSR count). The lowest BCUT2D eigenvalue weighted by Gasteiger charge is -2.30. The Labute approximate surface area is 173 Å². The van der Waals surface area contributed by atoms with Crippen LogP contribution in [-0.4, -0.2) is 31.2 Å². The van der Waals surface area contributed by atoms with Crippen molar-refractivity contribution in [1.82, 2.24) is 4.57 Å². The van der Waals surface area contributed by atoms with Crippen molar-refractivity contribution in [1.29, 1.82) is 0 Å². The van der Waals surface area contributed by atoms with Crippen molar-refractivity contribution in [2.75, 3.05) is 15.9 Å². The maximum Gasteiger partial charge on any atom is 0.307 e. The van der Waals surface area contributed by atoms with Crippen LogP contribution in [0, 0.1) is 6.92 Å². The minimum atomic E-state index is -3.69. The van der Waals surface area contributed by atoms with E-state index in [-0.39, 0.29) is 4.87 Å². The lowest BCUT2D eigenvalue weighted by Crippen LogP contribution is -2.47. The van der Waals surface area contributed by atoms with Crippen LogP contribution >= 0.6 is 11.3 Å². The van der Waals surface area contributed by atoms with E-state index in [9.17, 15) is 18.0 Å². The monoisotopic (exact) mass is 433 g/mol. The average Bonchev–Trinajstić information content (AvgIpc) is 2.93. The molecule has 1 heterocycles. The maximum absolute atomic E-state index is 13.0. The van der Waals surface area contributed by atoms with Crippen LogP contribution in [0.2, 0.25) is 0 Å². The zero-order valence-electron chi connectivity index (χ0n) is 16.7. The predicted octanol–water partition coefficient (Wildman–Crippen LogP) is 3.09.